The summed E-state index contributed by atoms with van der Waals surface area (Å²) in [6, 6.07) is 6.07. The maximum atomic E-state index is 12.2. The van der Waals surface area contributed by atoms with Crippen molar-refractivity contribution in [3.8, 4) is 0 Å². The Morgan fingerprint density at radius 3 is 2.52 bits per heavy atom. The quantitative estimate of drug-likeness (QED) is 0.816. The molecule has 1 aromatic rings. The van der Waals surface area contributed by atoms with Gasteiger partial charge in [-0.15, -0.1) is 0 Å². The molecule has 1 aromatic carbocycles. The Morgan fingerprint density at radius 2 is 1.87 bits per heavy atom. The number of hydrogen-bond donors (Lipinski definition) is 2. The molecule has 0 bridgehead atoms. The van der Waals surface area contributed by atoms with E-state index in [1.54, 1.807) is 12.1 Å². The van der Waals surface area contributed by atoms with Gasteiger partial charge < -0.3 is 10.2 Å². The van der Waals surface area contributed by atoms with Gasteiger partial charge in [0, 0.05) is 18.7 Å². The largest absolute Gasteiger partial charge is 0.351 e. The number of sulfonamides is 1. The summed E-state index contributed by atoms with van der Waals surface area (Å²) in [5, 5.41) is 2.87. The highest BCUT2D eigenvalue weighted by Crippen LogP contribution is 2.11. The van der Waals surface area contributed by atoms with Crippen LogP contribution in [0.1, 0.15) is 36.0 Å². The lowest BCUT2D eigenvalue weighted by Crippen LogP contribution is -2.35. The van der Waals surface area contributed by atoms with Crippen LogP contribution in [-0.4, -0.2) is 52.5 Å². The van der Waals surface area contributed by atoms with E-state index in [0.29, 0.717) is 12.1 Å². The van der Waals surface area contributed by atoms with Crippen molar-refractivity contribution in [2.75, 3.05) is 33.2 Å². The predicted molar refractivity (Wildman–Crippen MR) is 89.9 cm³/mol. The van der Waals surface area contributed by atoms with Crippen LogP contribution < -0.4 is 10.0 Å². The lowest BCUT2D eigenvalue weighted by atomic mass is 10.2. The summed E-state index contributed by atoms with van der Waals surface area (Å²) in [6.45, 7) is 3.58. The number of amides is 1. The third kappa shape index (κ3) is 5.30. The van der Waals surface area contributed by atoms with Crippen molar-refractivity contribution in [1.29, 1.82) is 0 Å². The SMILES string of the molecule is CNS(=O)(=O)c1cccc(C(=O)NCCN2CCCCCC2)c1. The van der Waals surface area contributed by atoms with Gasteiger partial charge in [0.25, 0.3) is 5.91 Å². The molecule has 1 fully saturated rings. The summed E-state index contributed by atoms with van der Waals surface area (Å²) in [7, 11) is -2.18. The Kier molecular flexibility index (Phi) is 6.56. The Labute approximate surface area is 138 Å². The van der Waals surface area contributed by atoms with E-state index < -0.39 is 10.0 Å². The highest BCUT2D eigenvalue weighted by Gasteiger charge is 2.14. The third-order valence-electron chi connectivity index (χ3n) is 4.09. The van der Waals surface area contributed by atoms with Gasteiger partial charge in [-0.2, -0.15) is 0 Å². The molecule has 0 aromatic heterocycles. The smallest absolute Gasteiger partial charge is 0.251 e. The minimum absolute atomic E-state index is 0.0974. The van der Waals surface area contributed by atoms with Crippen LogP contribution in [0.4, 0.5) is 0 Å². The molecule has 1 amide bonds. The zero-order valence-electron chi connectivity index (χ0n) is 13.5. The molecule has 0 radical (unpaired) electrons. The summed E-state index contributed by atoms with van der Waals surface area (Å²) in [5.74, 6) is -0.243. The van der Waals surface area contributed by atoms with Crippen LogP contribution in [0.15, 0.2) is 29.2 Å². The van der Waals surface area contributed by atoms with Crippen LogP contribution in [-0.2, 0) is 10.0 Å². The van der Waals surface area contributed by atoms with E-state index >= 15 is 0 Å². The van der Waals surface area contributed by atoms with Crippen molar-refractivity contribution >= 4 is 15.9 Å². The van der Waals surface area contributed by atoms with Gasteiger partial charge in [0.1, 0.15) is 0 Å². The predicted octanol–water partition coefficient (Wildman–Crippen LogP) is 1.20. The van der Waals surface area contributed by atoms with E-state index in [-0.39, 0.29) is 10.8 Å². The topological polar surface area (TPSA) is 78.5 Å². The highest BCUT2D eigenvalue weighted by molar-refractivity contribution is 7.89. The van der Waals surface area contributed by atoms with Crippen molar-refractivity contribution in [3.63, 3.8) is 0 Å². The molecule has 128 valence electrons. The maximum absolute atomic E-state index is 12.2. The number of nitrogens with one attached hydrogen (secondary N) is 2. The van der Waals surface area contributed by atoms with Gasteiger partial charge in [-0.3, -0.25) is 4.79 Å². The fourth-order valence-electron chi connectivity index (χ4n) is 2.71. The van der Waals surface area contributed by atoms with Crippen LogP contribution in [0.5, 0.6) is 0 Å². The summed E-state index contributed by atoms with van der Waals surface area (Å²) < 4.78 is 25.8. The van der Waals surface area contributed by atoms with Crippen LogP contribution in [0.3, 0.4) is 0 Å². The molecule has 1 aliphatic rings. The zero-order valence-corrected chi connectivity index (χ0v) is 14.4. The second-order valence-electron chi connectivity index (χ2n) is 5.75. The fraction of sp³-hybridized carbons (Fsp3) is 0.562. The van der Waals surface area contributed by atoms with E-state index in [0.717, 1.165) is 19.6 Å². The summed E-state index contributed by atoms with van der Waals surface area (Å²) in [5.41, 5.74) is 0.359. The van der Waals surface area contributed by atoms with Crippen molar-refractivity contribution in [1.82, 2.24) is 14.9 Å². The normalized spacial score (nSPS) is 16.7. The molecule has 0 spiro atoms. The molecule has 1 saturated heterocycles. The van der Waals surface area contributed by atoms with Gasteiger partial charge in [0.05, 0.1) is 4.90 Å². The summed E-state index contributed by atoms with van der Waals surface area (Å²) >= 11 is 0. The first-order chi connectivity index (χ1) is 11.0. The number of hydrogen-bond acceptors (Lipinski definition) is 4. The van der Waals surface area contributed by atoms with Crippen LogP contribution >= 0.6 is 0 Å². The van der Waals surface area contributed by atoms with Gasteiger partial charge in [0.2, 0.25) is 10.0 Å². The molecule has 6 nitrogen and oxygen atoms in total. The van der Waals surface area contributed by atoms with Gasteiger partial charge in [-0.1, -0.05) is 18.9 Å². The van der Waals surface area contributed by atoms with Crippen molar-refractivity contribution in [3.05, 3.63) is 29.8 Å². The Bertz CT molecular complexity index is 623. The molecule has 23 heavy (non-hydrogen) atoms. The molecular formula is C16H25N3O3S. The average molecular weight is 339 g/mol. The molecule has 0 atom stereocenters. The van der Waals surface area contributed by atoms with E-state index in [2.05, 4.69) is 14.9 Å². The number of rotatable bonds is 6. The molecule has 0 unspecified atom stereocenters. The number of carbonyl (C=O) groups excluding carboxylic acids is 1. The summed E-state index contributed by atoms with van der Waals surface area (Å²) in [4.78, 5) is 14.6. The second-order valence-corrected chi connectivity index (χ2v) is 7.63. The van der Waals surface area contributed by atoms with E-state index in [1.807, 2.05) is 0 Å². The molecular weight excluding hydrogens is 314 g/mol. The van der Waals surface area contributed by atoms with Crippen molar-refractivity contribution in [2.24, 2.45) is 0 Å². The Morgan fingerprint density at radius 1 is 1.17 bits per heavy atom. The van der Waals surface area contributed by atoms with E-state index in [9.17, 15) is 13.2 Å². The molecule has 2 rings (SSSR count). The van der Waals surface area contributed by atoms with Gasteiger partial charge in [-0.25, -0.2) is 13.1 Å². The van der Waals surface area contributed by atoms with E-state index in [4.69, 9.17) is 0 Å². The minimum atomic E-state index is -3.53. The first-order valence-corrected chi connectivity index (χ1v) is 9.55. The summed E-state index contributed by atoms with van der Waals surface area (Å²) in [6.07, 6.45) is 5.01. The molecule has 7 heteroatoms. The number of nitrogens with zero attached hydrogens (tertiary/aromatic N) is 1. The number of benzene rings is 1. The number of likely N-dealkylation sites (tertiary alicyclic amines) is 1. The lowest BCUT2D eigenvalue weighted by Gasteiger charge is -2.19. The van der Waals surface area contributed by atoms with Gasteiger partial charge in [-0.05, 0) is 51.2 Å². The van der Waals surface area contributed by atoms with Crippen LogP contribution in [0.25, 0.3) is 0 Å². The minimum Gasteiger partial charge on any atom is -0.351 e. The first kappa shape index (κ1) is 17.9. The van der Waals surface area contributed by atoms with Crippen molar-refractivity contribution in [2.45, 2.75) is 30.6 Å². The molecule has 0 saturated carbocycles. The fourth-order valence-corrected chi connectivity index (χ4v) is 3.49. The maximum Gasteiger partial charge on any atom is 0.251 e. The highest BCUT2D eigenvalue weighted by atomic mass is 32.2. The van der Waals surface area contributed by atoms with Gasteiger partial charge >= 0.3 is 0 Å². The molecule has 2 N–H and O–H groups in total. The van der Waals surface area contributed by atoms with Crippen LogP contribution in [0, 0.1) is 0 Å². The number of carbonyl (C=O) groups is 1. The van der Waals surface area contributed by atoms with Crippen molar-refractivity contribution < 1.29 is 13.2 Å². The monoisotopic (exact) mass is 339 g/mol. The average Bonchev–Trinajstić information content (AvgIpc) is 2.83. The molecule has 1 heterocycles. The Balaban J connectivity index is 1.89. The zero-order chi connectivity index (χ0) is 16.7. The molecule has 0 aliphatic carbocycles. The Hall–Kier alpha value is -1.44. The van der Waals surface area contributed by atoms with E-state index in [1.165, 1.54) is 44.9 Å². The first-order valence-electron chi connectivity index (χ1n) is 8.07. The van der Waals surface area contributed by atoms with Crippen LogP contribution in [0.2, 0.25) is 0 Å². The second kappa shape index (κ2) is 8.42. The lowest BCUT2D eigenvalue weighted by molar-refractivity contribution is 0.0948. The third-order valence-corrected chi connectivity index (χ3v) is 5.50. The standard InChI is InChI=1S/C16H25N3O3S/c1-17-23(21,22)15-8-6-7-14(13-15)16(20)18-9-12-19-10-4-2-3-5-11-19/h6-8,13,17H,2-5,9-12H2,1H3,(H,18,20). The van der Waals surface area contributed by atoms with Gasteiger partial charge in [0.15, 0.2) is 0 Å². The molecule has 1 aliphatic heterocycles.